The Morgan fingerprint density at radius 1 is 1.15 bits per heavy atom. The molecular formula is C24H31N2O7P. The molecule has 0 bridgehead atoms. The standard InChI is InChI=1S/C24H31N2O7P/c1-17(2)13-25(16-34(29,30)31)24(28)26-14-19-9-10-21(32-3)11-20(19)12-22(26)23(27)33-15-18-7-5-4-6-8-18/h4-11,17,22H,12-16H2,1-3H3,(H2,29,30,31). The Bertz CT molecular complexity index is 1050. The van der Waals surface area contributed by atoms with Crippen LogP contribution in [0, 0.1) is 5.92 Å². The summed E-state index contributed by atoms with van der Waals surface area (Å²) < 4.78 is 22.6. The number of ether oxygens (including phenoxy) is 2. The summed E-state index contributed by atoms with van der Waals surface area (Å²) in [6.07, 6.45) is -0.515. The van der Waals surface area contributed by atoms with Gasteiger partial charge in [0.1, 0.15) is 24.7 Å². The number of hydrogen-bond donors (Lipinski definition) is 2. The molecule has 0 fully saturated rings. The fraction of sp³-hybridized carbons (Fsp3) is 0.417. The third-order valence-electron chi connectivity index (χ3n) is 5.50. The third kappa shape index (κ3) is 6.82. The number of fused-ring (bicyclic) bond motifs is 1. The van der Waals surface area contributed by atoms with Gasteiger partial charge in [0, 0.05) is 19.5 Å². The Balaban J connectivity index is 1.90. The highest BCUT2D eigenvalue weighted by molar-refractivity contribution is 7.51. The van der Waals surface area contributed by atoms with Crippen LogP contribution in [0.1, 0.15) is 30.5 Å². The smallest absolute Gasteiger partial charge is 0.344 e. The molecule has 1 aliphatic rings. The van der Waals surface area contributed by atoms with E-state index in [0.29, 0.717) is 5.75 Å². The van der Waals surface area contributed by atoms with Crippen LogP contribution in [-0.2, 0) is 33.7 Å². The van der Waals surface area contributed by atoms with Gasteiger partial charge in [-0.25, -0.2) is 9.59 Å². The van der Waals surface area contributed by atoms with E-state index < -0.39 is 31.9 Å². The highest BCUT2D eigenvalue weighted by atomic mass is 31.2. The van der Waals surface area contributed by atoms with Crippen molar-refractivity contribution >= 4 is 19.6 Å². The van der Waals surface area contributed by atoms with Gasteiger partial charge in [0.25, 0.3) is 0 Å². The SMILES string of the molecule is COc1ccc2c(c1)CC(C(=O)OCc1ccccc1)N(C(=O)N(CC(C)C)CP(=O)(O)O)C2. The number of carbonyl (C=O) groups is 2. The first-order valence-corrected chi connectivity index (χ1v) is 12.8. The van der Waals surface area contributed by atoms with Gasteiger partial charge in [0.2, 0.25) is 0 Å². The monoisotopic (exact) mass is 490 g/mol. The molecule has 1 atom stereocenters. The zero-order valence-corrected chi connectivity index (χ0v) is 20.5. The fourth-order valence-electron chi connectivity index (χ4n) is 3.96. The van der Waals surface area contributed by atoms with Crippen molar-refractivity contribution < 1.29 is 33.4 Å². The predicted molar refractivity (Wildman–Crippen MR) is 126 cm³/mol. The van der Waals surface area contributed by atoms with E-state index >= 15 is 0 Å². The van der Waals surface area contributed by atoms with Crippen molar-refractivity contribution in [3.63, 3.8) is 0 Å². The summed E-state index contributed by atoms with van der Waals surface area (Å²) in [6, 6.07) is 13.1. The molecule has 0 aromatic heterocycles. The van der Waals surface area contributed by atoms with E-state index in [1.807, 2.05) is 56.3 Å². The summed E-state index contributed by atoms with van der Waals surface area (Å²) in [5, 5.41) is 0. The number of benzene rings is 2. The number of amides is 2. The van der Waals surface area contributed by atoms with Crippen molar-refractivity contribution in [2.75, 3.05) is 19.9 Å². The first-order chi connectivity index (χ1) is 16.1. The summed E-state index contributed by atoms with van der Waals surface area (Å²) >= 11 is 0. The number of urea groups is 1. The molecule has 0 aliphatic carbocycles. The highest BCUT2D eigenvalue weighted by Crippen LogP contribution is 2.36. The topological polar surface area (TPSA) is 117 Å². The van der Waals surface area contributed by atoms with Crippen molar-refractivity contribution in [3.8, 4) is 5.75 Å². The van der Waals surface area contributed by atoms with Gasteiger partial charge in [-0.1, -0.05) is 50.2 Å². The van der Waals surface area contributed by atoms with E-state index in [9.17, 15) is 23.9 Å². The summed E-state index contributed by atoms with van der Waals surface area (Å²) in [4.78, 5) is 48.2. The van der Waals surface area contributed by atoms with E-state index in [4.69, 9.17) is 9.47 Å². The second kappa shape index (κ2) is 11.0. The second-order valence-corrected chi connectivity index (χ2v) is 10.4. The summed E-state index contributed by atoms with van der Waals surface area (Å²) in [7, 11) is -2.96. The summed E-state index contributed by atoms with van der Waals surface area (Å²) in [5.74, 6) is 0.0320. The third-order valence-corrected chi connectivity index (χ3v) is 6.21. The molecule has 2 amide bonds. The van der Waals surface area contributed by atoms with Crippen LogP contribution in [-0.4, -0.2) is 57.6 Å². The number of hydrogen-bond acceptors (Lipinski definition) is 5. The molecule has 1 unspecified atom stereocenters. The average molecular weight is 490 g/mol. The van der Waals surface area contributed by atoms with Gasteiger partial charge >= 0.3 is 19.6 Å². The largest absolute Gasteiger partial charge is 0.497 e. The maximum atomic E-state index is 13.5. The lowest BCUT2D eigenvalue weighted by Gasteiger charge is -2.39. The minimum atomic E-state index is -4.51. The minimum Gasteiger partial charge on any atom is -0.497 e. The maximum Gasteiger partial charge on any atom is 0.344 e. The molecule has 10 heteroatoms. The zero-order chi connectivity index (χ0) is 24.9. The Morgan fingerprint density at radius 3 is 2.47 bits per heavy atom. The normalized spacial score (nSPS) is 15.6. The van der Waals surface area contributed by atoms with E-state index in [2.05, 4.69) is 0 Å². The van der Waals surface area contributed by atoms with Crippen LogP contribution < -0.4 is 4.74 Å². The lowest BCUT2D eigenvalue weighted by molar-refractivity contribution is -0.151. The lowest BCUT2D eigenvalue weighted by atomic mass is 9.93. The van der Waals surface area contributed by atoms with Crippen LogP contribution >= 0.6 is 7.60 Å². The first-order valence-electron chi connectivity index (χ1n) is 11.0. The van der Waals surface area contributed by atoms with Crippen molar-refractivity contribution in [2.45, 2.75) is 39.5 Å². The van der Waals surface area contributed by atoms with Gasteiger partial charge in [-0.15, -0.1) is 0 Å². The number of carbonyl (C=O) groups excluding carboxylic acids is 2. The average Bonchev–Trinajstić information content (AvgIpc) is 2.79. The van der Waals surface area contributed by atoms with Crippen molar-refractivity contribution in [3.05, 3.63) is 65.2 Å². The van der Waals surface area contributed by atoms with Crippen molar-refractivity contribution in [1.82, 2.24) is 9.80 Å². The number of rotatable bonds is 8. The molecule has 0 saturated carbocycles. The minimum absolute atomic E-state index is 0.0275. The Kier molecular flexibility index (Phi) is 8.36. The van der Waals surface area contributed by atoms with Gasteiger partial charge in [0.05, 0.1) is 7.11 Å². The molecule has 0 spiro atoms. The number of methoxy groups -OCH3 is 1. The highest BCUT2D eigenvalue weighted by Gasteiger charge is 2.39. The number of nitrogens with zero attached hydrogens (tertiary/aromatic N) is 2. The van der Waals surface area contributed by atoms with Crippen LogP contribution in [0.4, 0.5) is 4.79 Å². The molecular weight excluding hydrogens is 459 g/mol. The van der Waals surface area contributed by atoms with E-state index in [0.717, 1.165) is 21.6 Å². The summed E-state index contributed by atoms with van der Waals surface area (Å²) in [5.41, 5.74) is 2.51. The van der Waals surface area contributed by atoms with Gasteiger partial charge in [0.15, 0.2) is 0 Å². The maximum absolute atomic E-state index is 13.5. The molecule has 34 heavy (non-hydrogen) atoms. The Morgan fingerprint density at radius 2 is 1.85 bits per heavy atom. The van der Waals surface area contributed by atoms with Crippen LogP contribution in [0.2, 0.25) is 0 Å². The van der Waals surface area contributed by atoms with Gasteiger partial charge < -0.3 is 29.1 Å². The lowest BCUT2D eigenvalue weighted by Crippen LogP contribution is -2.54. The van der Waals surface area contributed by atoms with E-state index in [-0.39, 0.29) is 32.0 Å². The zero-order valence-electron chi connectivity index (χ0n) is 19.6. The van der Waals surface area contributed by atoms with E-state index in [1.165, 1.54) is 4.90 Å². The van der Waals surface area contributed by atoms with Gasteiger partial charge in [-0.2, -0.15) is 0 Å². The Labute approximate surface area is 199 Å². The first kappa shape index (κ1) is 25.7. The van der Waals surface area contributed by atoms with Crippen LogP contribution in [0.25, 0.3) is 0 Å². The molecule has 2 aromatic rings. The molecule has 2 aromatic carbocycles. The Hall–Kier alpha value is -2.87. The molecule has 184 valence electrons. The van der Waals surface area contributed by atoms with Gasteiger partial charge in [-0.05, 0) is 34.7 Å². The van der Waals surface area contributed by atoms with Crippen molar-refractivity contribution in [2.24, 2.45) is 5.92 Å². The molecule has 1 aliphatic heterocycles. The molecule has 2 N–H and O–H groups in total. The predicted octanol–water partition coefficient (Wildman–Crippen LogP) is 3.38. The molecule has 0 saturated heterocycles. The molecule has 0 radical (unpaired) electrons. The molecule has 9 nitrogen and oxygen atoms in total. The quantitative estimate of drug-likeness (QED) is 0.430. The summed E-state index contributed by atoms with van der Waals surface area (Å²) in [6.45, 7) is 4.01. The van der Waals surface area contributed by atoms with Gasteiger partial charge in [-0.3, -0.25) is 4.57 Å². The van der Waals surface area contributed by atoms with Crippen molar-refractivity contribution in [1.29, 1.82) is 0 Å². The number of esters is 1. The second-order valence-electron chi connectivity index (χ2n) is 8.78. The van der Waals surface area contributed by atoms with Crippen LogP contribution in [0.15, 0.2) is 48.5 Å². The fourth-order valence-corrected chi connectivity index (χ4v) is 4.64. The van der Waals surface area contributed by atoms with Crippen LogP contribution in [0.5, 0.6) is 5.75 Å². The molecule has 1 heterocycles. The van der Waals surface area contributed by atoms with E-state index in [1.54, 1.807) is 13.2 Å². The molecule has 3 rings (SSSR count). The van der Waals surface area contributed by atoms with Crippen LogP contribution in [0.3, 0.4) is 0 Å².